The normalized spacial score (nSPS) is 10.3. The summed E-state index contributed by atoms with van der Waals surface area (Å²) < 4.78 is 0.967. The van der Waals surface area contributed by atoms with Gasteiger partial charge in [-0.3, -0.25) is 4.79 Å². The van der Waals surface area contributed by atoms with Crippen molar-refractivity contribution < 1.29 is 9.90 Å². The van der Waals surface area contributed by atoms with Crippen LogP contribution in [0.15, 0.2) is 39.7 Å². The Kier molecular flexibility index (Phi) is 3.57. The van der Waals surface area contributed by atoms with Gasteiger partial charge < -0.3 is 10.1 Å². The highest BCUT2D eigenvalue weighted by atomic mass is 79.9. The van der Waals surface area contributed by atoms with Gasteiger partial charge in [-0.05, 0) is 17.7 Å². The maximum absolute atomic E-state index is 11.4. The number of H-pyrrole nitrogens is 1. The summed E-state index contributed by atoms with van der Waals surface area (Å²) in [6.45, 7) is 0. The first-order valence-electron chi connectivity index (χ1n) is 5.12. The predicted molar refractivity (Wildman–Crippen MR) is 68.8 cm³/mol. The number of carbonyl (C=O) groups is 1. The van der Waals surface area contributed by atoms with Crippen LogP contribution in [-0.4, -0.2) is 21.0 Å². The third-order valence-electron chi connectivity index (χ3n) is 2.37. The number of carboxylic acids is 1. The van der Waals surface area contributed by atoms with Gasteiger partial charge in [0.2, 0.25) is 0 Å². The van der Waals surface area contributed by atoms with Crippen LogP contribution in [0.3, 0.4) is 0 Å². The molecule has 0 radical (unpaired) electrons. The van der Waals surface area contributed by atoms with Crippen molar-refractivity contribution in [3.63, 3.8) is 0 Å². The molecule has 0 aliphatic rings. The molecule has 0 saturated heterocycles. The number of nitrogens with zero attached hydrogens (tertiary/aromatic N) is 1. The molecule has 0 aliphatic carbocycles. The topological polar surface area (TPSA) is 83.0 Å². The molecule has 0 atom stereocenters. The number of aromatic carboxylic acids is 1. The summed E-state index contributed by atoms with van der Waals surface area (Å²) in [7, 11) is 0. The van der Waals surface area contributed by atoms with E-state index in [9.17, 15) is 9.59 Å². The van der Waals surface area contributed by atoms with Gasteiger partial charge >= 0.3 is 5.97 Å². The standard InChI is InChI=1S/C12H9BrN2O3/c13-8-3-1-7(2-4-8)5-10-14-6-9(12(17)18)11(16)15-10/h1-4,6H,5H2,(H,17,18)(H,14,15,16). The van der Waals surface area contributed by atoms with E-state index in [1.807, 2.05) is 24.3 Å². The summed E-state index contributed by atoms with van der Waals surface area (Å²) in [5.41, 5.74) is -0.0106. The number of aromatic amines is 1. The predicted octanol–water partition coefficient (Wildman–Crippen LogP) is 1.82. The Morgan fingerprint density at radius 2 is 2.00 bits per heavy atom. The molecule has 0 aliphatic heterocycles. The minimum Gasteiger partial charge on any atom is -0.477 e. The maximum Gasteiger partial charge on any atom is 0.342 e. The number of hydrogen-bond donors (Lipinski definition) is 2. The highest BCUT2D eigenvalue weighted by molar-refractivity contribution is 9.10. The fraction of sp³-hybridized carbons (Fsp3) is 0.0833. The average Bonchev–Trinajstić information content (AvgIpc) is 2.32. The molecule has 0 fully saturated rings. The Labute approximate surface area is 111 Å². The zero-order valence-corrected chi connectivity index (χ0v) is 10.8. The molecule has 0 bridgehead atoms. The van der Waals surface area contributed by atoms with E-state index in [2.05, 4.69) is 25.9 Å². The molecule has 2 rings (SSSR count). The fourth-order valence-corrected chi connectivity index (χ4v) is 1.73. The molecule has 1 aromatic carbocycles. The molecule has 1 heterocycles. The van der Waals surface area contributed by atoms with E-state index in [1.165, 1.54) is 0 Å². The Bertz CT molecular complexity index is 635. The van der Waals surface area contributed by atoms with Crippen LogP contribution in [0, 0.1) is 0 Å². The number of carboxylic acid groups (broad SMARTS) is 1. The molecule has 2 N–H and O–H groups in total. The lowest BCUT2D eigenvalue weighted by Gasteiger charge is -2.02. The van der Waals surface area contributed by atoms with Gasteiger partial charge in [-0.25, -0.2) is 9.78 Å². The fourth-order valence-electron chi connectivity index (χ4n) is 1.47. The summed E-state index contributed by atoms with van der Waals surface area (Å²) in [6, 6.07) is 7.57. The van der Waals surface area contributed by atoms with E-state index in [0.29, 0.717) is 12.2 Å². The van der Waals surface area contributed by atoms with E-state index >= 15 is 0 Å². The summed E-state index contributed by atoms with van der Waals surface area (Å²) in [5.74, 6) is -0.841. The minimum absolute atomic E-state index is 0.352. The van der Waals surface area contributed by atoms with E-state index < -0.39 is 11.5 Å². The number of rotatable bonds is 3. The van der Waals surface area contributed by atoms with E-state index in [1.54, 1.807) is 0 Å². The van der Waals surface area contributed by atoms with Gasteiger partial charge in [0.05, 0.1) is 0 Å². The Morgan fingerprint density at radius 1 is 1.33 bits per heavy atom. The highest BCUT2D eigenvalue weighted by Gasteiger charge is 2.09. The van der Waals surface area contributed by atoms with Crippen LogP contribution < -0.4 is 5.56 Å². The van der Waals surface area contributed by atoms with Crippen molar-refractivity contribution in [2.75, 3.05) is 0 Å². The average molecular weight is 309 g/mol. The van der Waals surface area contributed by atoms with Gasteiger partial charge in [-0.2, -0.15) is 0 Å². The van der Waals surface area contributed by atoms with Crippen molar-refractivity contribution in [1.29, 1.82) is 0 Å². The minimum atomic E-state index is -1.28. The second kappa shape index (κ2) is 5.14. The lowest BCUT2D eigenvalue weighted by atomic mass is 10.1. The maximum atomic E-state index is 11.4. The summed E-state index contributed by atoms with van der Waals surface area (Å²) in [6.07, 6.45) is 1.53. The van der Waals surface area contributed by atoms with E-state index in [-0.39, 0.29) is 5.56 Å². The molecule has 1 aromatic heterocycles. The van der Waals surface area contributed by atoms with Crippen molar-refractivity contribution in [3.8, 4) is 0 Å². The number of aromatic nitrogens is 2. The summed E-state index contributed by atoms with van der Waals surface area (Å²) >= 11 is 3.33. The summed E-state index contributed by atoms with van der Waals surface area (Å²) in [5, 5.41) is 8.71. The lowest BCUT2D eigenvalue weighted by Crippen LogP contribution is -2.20. The van der Waals surface area contributed by atoms with Crippen molar-refractivity contribution in [2.45, 2.75) is 6.42 Å². The van der Waals surface area contributed by atoms with E-state index in [4.69, 9.17) is 5.11 Å². The molecule has 0 spiro atoms. The van der Waals surface area contributed by atoms with Crippen LogP contribution in [0.25, 0.3) is 0 Å². The van der Waals surface area contributed by atoms with Crippen molar-refractivity contribution in [1.82, 2.24) is 9.97 Å². The zero-order chi connectivity index (χ0) is 13.1. The van der Waals surface area contributed by atoms with Crippen LogP contribution in [0.5, 0.6) is 0 Å². The smallest absolute Gasteiger partial charge is 0.342 e. The summed E-state index contributed by atoms with van der Waals surface area (Å²) in [4.78, 5) is 28.5. The van der Waals surface area contributed by atoms with Crippen LogP contribution in [0.4, 0.5) is 0 Å². The van der Waals surface area contributed by atoms with Gasteiger partial charge in [0.15, 0.2) is 0 Å². The molecule has 0 amide bonds. The number of halogens is 1. The molecular weight excluding hydrogens is 300 g/mol. The second-order valence-electron chi connectivity index (χ2n) is 3.68. The molecule has 2 aromatic rings. The van der Waals surface area contributed by atoms with Gasteiger partial charge in [0.1, 0.15) is 11.4 Å². The van der Waals surface area contributed by atoms with Crippen LogP contribution >= 0.6 is 15.9 Å². The first-order valence-corrected chi connectivity index (χ1v) is 5.91. The Balaban J connectivity index is 2.25. The molecule has 92 valence electrons. The Morgan fingerprint density at radius 3 is 2.56 bits per heavy atom. The van der Waals surface area contributed by atoms with Crippen molar-refractivity contribution in [2.24, 2.45) is 0 Å². The zero-order valence-electron chi connectivity index (χ0n) is 9.18. The van der Waals surface area contributed by atoms with Gasteiger partial charge in [0.25, 0.3) is 5.56 Å². The quantitative estimate of drug-likeness (QED) is 0.906. The van der Waals surface area contributed by atoms with Gasteiger partial charge in [0, 0.05) is 17.1 Å². The third kappa shape index (κ3) is 2.84. The molecular formula is C12H9BrN2O3. The monoisotopic (exact) mass is 308 g/mol. The third-order valence-corrected chi connectivity index (χ3v) is 2.90. The van der Waals surface area contributed by atoms with Gasteiger partial charge in [-0.1, -0.05) is 28.1 Å². The Hall–Kier alpha value is -1.95. The van der Waals surface area contributed by atoms with E-state index in [0.717, 1.165) is 16.2 Å². The van der Waals surface area contributed by atoms with Crippen molar-refractivity contribution >= 4 is 21.9 Å². The van der Waals surface area contributed by atoms with Crippen molar-refractivity contribution in [3.05, 3.63) is 62.2 Å². The SMILES string of the molecule is O=C(O)c1cnc(Cc2ccc(Br)cc2)[nH]c1=O. The molecule has 0 unspecified atom stereocenters. The first kappa shape index (κ1) is 12.5. The first-order chi connectivity index (χ1) is 8.56. The molecule has 0 saturated carbocycles. The van der Waals surface area contributed by atoms with Crippen LogP contribution in [0.2, 0.25) is 0 Å². The van der Waals surface area contributed by atoms with Crippen LogP contribution in [-0.2, 0) is 6.42 Å². The largest absolute Gasteiger partial charge is 0.477 e. The highest BCUT2D eigenvalue weighted by Crippen LogP contribution is 2.12. The molecule has 5 nitrogen and oxygen atoms in total. The van der Waals surface area contributed by atoms with Gasteiger partial charge in [-0.15, -0.1) is 0 Å². The number of benzene rings is 1. The molecule has 6 heteroatoms. The van der Waals surface area contributed by atoms with Crippen LogP contribution in [0.1, 0.15) is 21.7 Å². The number of nitrogens with one attached hydrogen (secondary N) is 1. The second-order valence-corrected chi connectivity index (χ2v) is 4.60. The lowest BCUT2D eigenvalue weighted by molar-refractivity contribution is 0.0694. The molecule has 18 heavy (non-hydrogen) atoms. The number of hydrogen-bond acceptors (Lipinski definition) is 3.